The number of halogens is 2. The van der Waals surface area contributed by atoms with Crippen molar-refractivity contribution in [3.63, 3.8) is 0 Å². The minimum atomic E-state index is -0.954. The summed E-state index contributed by atoms with van der Waals surface area (Å²) < 4.78 is 27.8. The van der Waals surface area contributed by atoms with Crippen LogP contribution in [0.2, 0.25) is 0 Å². The van der Waals surface area contributed by atoms with E-state index in [1.54, 1.807) is 13.8 Å². The lowest BCUT2D eigenvalue weighted by Gasteiger charge is -2.34. The van der Waals surface area contributed by atoms with Crippen LogP contribution >= 0.6 is 0 Å². The minimum Gasteiger partial charge on any atom is -0.354 e. The lowest BCUT2D eigenvalue weighted by molar-refractivity contribution is -0.123. The Balaban J connectivity index is 1.39. The quantitative estimate of drug-likeness (QED) is 0.522. The van der Waals surface area contributed by atoms with Crippen LogP contribution < -0.4 is 10.6 Å². The van der Waals surface area contributed by atoms with Crippen molar-refractivity contribution in [2.75, 3.05) is 39.3 Å². The fourth-order valence-electron chi connectivity index (χ4n) is 4.10. The largest absolute Gasteiger partial charge is 0.354 e. The number of hydrogen-bond donors (Lipinski definition) is 2. The molecule has 2 aromatic rings. The smallest absolute Gasteiger partial charge is 0.257 e. The molecule has 1 heterocycles. The summed E-state index contributed by atoms with van der Waals surface area (Å²) in [6.45, 7) is 9.84. The van der Waals surface area contributed by atoms with Gasteiger partial charge in [0.05, 0.1) is 0 Å². The van der Waals surface area contributed by atoms with E-state index >= 15 is 0 Å². The van der Waals surface area contributed by atoms with E-state index in [0.29, 0.717) is 6.54 Å². The summed E-state index contributed by atoms with van der Waals surface area (Å²) in [5.74, 6) is -3.43. The molecule has 2 aromatic carbocycles. The third-order valence-electron chi connectivity index (χ3n) is 6.09. The third kappa shape index (κ3) is 7.33. The van der Waals surface area contributed by atoms with Gasteiger partial charge in [-0.25, -0.2) is 8.78 Å². The molecule has 0 bridgehead atoms. The Morgan fingerprint density at radius 3 is 2.15 bits per heavy atom. The predicted octanol–water partition coefficient (Wildman–Crippen LogP) is 3.04. The summed E-state index contributed by atoms with van der Waals surface area (Å²) in [7, 11) is 0. The number of benzene rings is 2. The number of rotatable bonds is 10. The van der Waals surface area contributed by atoms with Gasteiger partial charge in [0, 0.05) is 39.3 Å². The van der Waals surface area contributed by atoms with Crippen molar-refractivity contribution in [2.24, 2.45) is 5.92 Å². The molecule has 2 amide bonds. The Morgan fingerprint density at radius 1 is 0.912 bits per heavy atom. The van der Waals surface area contributed by atoms with Gasteiger partial charge in [0.2, 0.25) is 5.91 Å². The maximum absolute atomic E-state index is 13.9. The van der Waals surface area contributed by atoms with Crippen LogP contribution in [0.25, 0.3) is 0 Å². The van der Waals surface area contributed by atoms with E-state index in [0.717, 1.165) is 57.8 Å². The van der Waals surface area contributed by atoms with Gasteiger partial charge in [0.15, 0.2) is 0 Å². The van der Waals surface area contributed by atoms with Gasteiger partial charge in [-0.15, -0.1) is 0 Å². The predicted molar refractivity (Wildman–Crippen MR) is 128 cm³/mol. The monoisotopic (exact) mass is 472 g/mol. The number of carbonyl (C=O) groups excluding carboxylic acids is 2. The summed E-state index contributed by atoms with van der Waals surface area (Å²) in [6, 6.07) is 12.8. The summed E-state index contributed by atoms with van der Waals surface area (Å²) in [6.07, 6.45) is 0.783. The molecule has 3 rings (SSSR count). The van der Waals surface area contributed by atoms with Gasteiger partial charge >= 0.3 is 0 Å². The highest BCUT2D eigenvalue weighted by Gasteiger charge is 2.27. The van der Waals surface area contributed by atoms with Crippen molar-refractivity contribution in [1.29, 1.82) is 0 Å². The average molecular weight is 473 g/mol. The molecular weight excluding hydrogens is 438 g/mol. The van der Waals surface area contributed by atoms with Crippen LogP contribution in [0.4, 0.5) is 8.78 Å². The first-order valence-corrected chi connectivity index (χ1v) is 11.9. The maximum Gasteiger partial charge on any atom is 0.257 e. The molecule has 0 spiro atoms. The van der Waals surface area contributed by atoms with Crippen molar-refractivity contribution in [3.05, 3.63) is 71.3 Å². The van der Waals surface area contributed by atoms with Crippen LogP contribution in [0, 0.1) is 17.6 Å². The van der Waals surface area contributed by atoms with E-state index in [2.05, 4.69) is 44.7 Å². The second kappa shape index (κ2) is 12.6. The molecule has 1 atom stereocenters. The van der Waals surface area contributed by atoms with Crippen molar-refractivity contribution in [3.8, 4) is 0 Å². The lowest BCUT2D eigenvalue weighted by atomic mass is 10.0. The van der Waals surface area contributed by atoms with E-state index in [-0.39, 0.29) is 11.8 Å². The highest BCUT2D eigenvalue weighted by Crippen LogP contribution is 2.13. The molecule has 1 unspecified atom stereocenters. The summed E-state index contributed by atoms with van der Waals surface area (Å²) >= 11 is 0. The minimum absolute atomic E-state index is 0.239. The molecule has 8 heteroatoms. The second-order valence-corrected chi connectivity index (χ2v) is 9.04. The lowest BCUT2D eigenvalue weighted by Crippen LogP contribution is -2.50. The standard InChI is InChI=1S/C26H34F2N4O2/c1-19(2)24(30-25(33)23-21(27)10-6-11-22(23)28)26(34)29-12-7-13-31-14-16-32(17-15-31)18-20-8-4-3-5-9-20/h3-6,8-11,19,24H,7,12-18H2,1-2H3,(H,29,34)(H,30,33). The Bertz CT molecular complexity index is 927. The fraction of sp³-hybridized carbons (Fsp3) is 0.462. The number of nitrogens with zero attached hydrogens (tertiary/aromatic N) is 2. The zero-order chi connectivity index (χ0) is 24.5. The van der Waals surface area contributed by atoms with E-state index in [1.807, 2.05) is 6.07 Å². The molecule has 34 heavy (non-hydrogen) atoms. The summed E-state index contributed by atoms with van der Waals surface area (Å²) in [4.78, 5) is 29.9. The number of carbonyl (C=O) groups is 2. The Labute approximate surface area is 200 Å². The number of piperazine rings is 1. The number of hydrogen-bond acceptors (Lipinski definition) is 4. The van der Waals surface area contributed by atoms with Crippen LogP contribution in [0.1, 0.15) is 36.2 Å². The molecule has 6 nitrogen and oxygen atoms in total. The Kier molecular flexibility index (Phi) is 9.53. The second-order valence-electron chi connectivity index (χ2n) is 9.04. The molecular formula is C26H34F2N4O2. The Hall–Kier alpha value is -2.84. The molecule has 1 fully saturated rings. The van der Waals surface area contributed by atoms with E-state index in [9.17, 15) is 18.4 Å². The van der Waals surface area contributed by atoms with Gasteiger partial charge in [0.1, 0.15) is 23.2 Å². The van der Waals surface area contributed by atoms with Crippen molar-refractivity contribution in [1.82, 2.24) is 20.4 Å². The SMILES string of the molecule is CC(C)C(NC(=O)c1c(F)cccc1F)C(=O)NCCCN1CCN(Cc2ccccc2)CC1. The summed E-state index contributed by atoms with van der Waals surface area (Å²) in [5, 5.41) is 5.34. The van der Waals surface area contributed by atoms with Gasteiger partial charge in [0.25, 0.3) is 5.91 Å². The Morgan fingerprint density at radius 2 is 1.53 bits per heavy atom. The van der Waals surface area contributed by atoms with Crippen molar-refractivity contribution < 1.29 is 18.4 Å². The average Bonchev–Trinajstić information content (AvgIpc) is 2.81. The van der Waals surface area contributed by atoms with Gasteiger partial charge in [-0.3, -0.25) is 14.5 Å². The maximum atomic E-state index is 13.9. The van der Waals surface area contributed by atoms with E-state index < -0.39 is 29.1 Å². The molecule has 2 N–H and O–H groups in total. The van der Waals surface area contributed by atoms with Gasteiger partial charge in [-0.2, -0.15) is 0 Å². The highest BCUT2D eigenvalue weighted by atomic mass is 19.1. The first-order chi connectivity index (χ1) is 16.3. The molecule has 1 aliphatic rings. The van der Waals surface area contributed by atoms with Gasteiger partial charge < -0.3 is 15.5 Å². The molecule has 1 saturated heterocycles. The van der Waals surface area contributed by atoms with Crippen molar-refractivity contribution >= 4 is 11.8 Å². The molecule has 0 aromatic heterocycles. The molecule has 0 aliphatic carbocycles. The fourth-order valence-corrected chi connectivity index (χ4v) is 4.10. The van der Waals surface area contributed by atoms with Crippen molar-refractivity contribution in [2.45, 2.75) is 32.9 Å². The highest BCUT2D eigenvalue weighted by molar-refractivity contribution is 5.98. The zero-order valence-corrected chi connectivity index (χ0v) is 19.9. The topological polar surface area (TPSA) is 64.7 Å². The molecule has 184 valence electrons. The van der Waals surface area contributed by atoms with Crippen LogP contribution in [0.5, 0.6) is 0 Å². The van der Waals surface area contributed by atoms with Crippen LogP contribution in [0.3, 0.4) is 0 Å². The number of amides is 2. The third-order valence-corrected chi connectivity index (χ3v) is 6.09. The molecule has 0 saturated carbocycles. The van der Waals surface area contributed by atoms with Gasteiger partial charge in [-0.1, -0.05) is 50.2 Å². The molecule has 0 radical (unpaired) electrons. The zero-order valence-electron chi connectivity index (χ0n) is 19.9. The van der Waals surface area contributed by atoms with E-state index in [4.69, 9.17) is 0 Å². The number of nitrogens with one attached hydrogen (secondary N) is 2. The first-order valence-electron chi connectivity index (χ1n) is 11.9. The summed E-state index contributed by atoms with van der Waals surface area (Å²) in [5.41, 5.74) is 0.649. The van der Waals surface area contributed by atoms with Crippen LogP contribution in [-0.4, -0.2) is 66.9 Å². The van der Waals surface area contributed by atoms with Gasteiger partial charge in [-0.05, 0) is 36.6 Å². The van der Waals surface area contributed by atoms with Crippen LogP contribution in [0.15, 0.2) is 48.5 Å². The van der Waals surface area contributed by atoms with E-state index in [1.165, 1.54) is 11.6 Å². The van der Waals surface area contributed by atoms with Crippen LogP contribution in [-0.2, 0) is 11.3 Å². The first kappa shape index (κ1) is 25.8. The normalized spacial score (nSPS) is 15.8. The molecule has 1 aliphatic heterocycles.